The number of amides is 2. The maximum absolute atomic E-state index is 12.7. The highest BCUT2D eigenvalue weighted by molar-refractivity contribution is 7.99. The van der Waals surface area contributed by atoms with E-state index in [1.807, 2.05) is 25.1 Å². The van der Waals surface area contributed by atoms with E-state index in [-0.39, 0.29) is 23.6 Å². The molecule has 1 unspecified atom stereocenters. The molecule has 2 aromatic rings. The number of hydrogen-bond donors (Lipinski definition) is 2. The van der Waals surface area contributed by atoms with Gasteiger partial charge in [0.05, 0.1) is 11.9 Å². The summed E-state index contributed by atoms with van der Waals surface area (Å²) >= 11 is 1.58. The fourth-order valence-corrected chi connectivity index (χ4v) is 3.92. The average Bonchev–Trinajstić information content (AvgIpc) is 3.12. The number of thioether (sulfide) groups is 1. The molecule has 130 valence electrons. The number of aromatic hydroxyl groups is 1. The van der Waals surface area contributed by atoms with E-state index < -0.39 is 6.04 Å². The van der Waals surface area contributed by atoms with Crippen LogP contribution in [0.15, 0.2) is 54.6 Å². The van der Waals surface area contributed by atoms with Gasteiger partial charge in [-0.05, 0) is 36.8 Å². The van der Waals surface area contributed by atoms with Gasteiger partial charge in [0.2, 0.25) is 5.91 Å². The minimum Gasteiger partial charge on any atom is -0.508 e. The number of hydrogen-bond acceptors (Lipinski definition) is 4. The highest BCUT2D eigenvalue weighted by Gasteiger charge is 2.35. The third kappa shape index (κ3) is 3.96. The van der Waals surface area contributed by atoms with E-state index in [2.05, 4.69) is 5.32 Å². The summed E-state index contributed by atoms with van der Waals surface area (Å²) in [5.41, 5.74) is 1.49. The molecule has 2 N–H and O–H groups in total. The quantitative estimate of drug-likeness (QED) is 0.884. The number of carbonyl (C=O) groups excluding carboxylic acids is 2. The number of nitrogens with zero attached hydrogens (tertiary/aromatic N) is 1. The van der Waals surface area contributed by atoms with Crippen LogP contribution in [0.25, 0.3) is 0 Å². The van der Waals surface area contributed by atoms with E-state index in [1.54, 1.807) is 53.1 Å². The van der Waals surface area contributed by atoms with Crippen LogP contribution in [0.1, 0.15) is 28.9 Å². The smallest absolute Gasteiger partial charge is 0.255 e. The molecule has 0 bridgehead atoms. The zero-order valence-electron chi connectivity index (χ0n) is 13.9. The third-order valence-corrected chi connectivity index (χ3v) is 5.23. The molecule has 0 radical (unpaired) electrons. The Morgan fingerprint density at radius 1 is 1.16 bits per heavy atom. The van der Waals surface area contributed by atoms with Crippen molar-refractivity contribution >= 4 is 23.6 Å². The van der Waals surface area contributed by atoms with Crippen LogP contribution in [0.3, 0.4) is 0 Å². The first kappa shape index (κ1) is 17.4. The van der Waals surface area contributed by atoms with E-state index >= 15 is 0 Å². The van der Waals surface area contributed by atoms with Crippen LogP contribution in [0, 0.1) is 0 Å². The molecule has 2 atom stereocenters. The van der Waals surface area contributed by atoms with Crippen molar-refractivity contribution in [1.29, 1.82) is 0 Å². The van der Waals surface area contributed by atoms with E-state index in [4.69, 9.17) is 0 Å². The highest BCUT2D eigenvalue weighted by Crippen LogP contribution is 2.24. The second-order valence-corrected chi connectivity index (χ2v) is 6.98. The second-order valence-electron chi connectivity index (χ2n) is 5.98. The lowest BCUT2D eigenvalue weighted by Gasteiger charge is -2.25. The number of nitrogens with one attached hydrogen (secondary N) is 1. The van der Waals surface area contributed by atoms with Crippen molar-refractivity contribution in [1.82, 2.24) is 10.2 Å². The molecule has 1 aliphatic rings. The molecule has 6 heteroatoms. The minimum absolute atomic E-state index is 0.122. The van der Waals surface area contributed by atoms with Gasteiger partial charge in [-0.3, -0.25) is 9.59 Å². The fourth-order valence-electron chi connectivity index (χ4n) is 2.76. The first-order chi connectivity index (χ1) is 12.1. The number of benzene rings is 2. The third-order valence-electron chi connectivity index (χ3n) is 4.22. The molecular weight excluding hydrogens is 336 g/mol. The molecule has 1 saturated heterocycles. The van der Waals surface area contributed by atoms with Crippen LogP contribution in [-0.2, 0) is 4.79 Å². The van der Waals surface area contributed by atoms with Crippen LogP contribution in [0.5, 0.6) is 5.75 Å². The molecule has 0 aliphatic carbocycles. The second kappa shape index (κ2) is 7.61. The predicted octanol–water partition coefficient (Wildman–Crippen LogP) is 2.78. The molecule has 1 heterocycles. The van der Waals surface area contributed by atoms with Gasteiger partial charge in [0, 0.05) is 11.3 Å². The summed E-state index contributed by atoms with van der Waals surface area (Å²) in [6.07, 6.45) is 0. The summed E-state index contributed by atoms with van der Waals surface area (Å²) in [4.78, 5) is 27.0. The van der Waals surface area contributed by atoms with E-state index in [0.29, 0.717) is 17.2 Å². The van der Waals surface area contributed by atoms with Crippen molar-refractivity contribution in [3.05, 3.63) is 65.7 Å². The van der Waals surface area contributed by atoms with Gasteiger partial charge in [0.25, 0.3) is 5.91 Å². The predicted molar refractivity (Wildman–Crippen MR) is 98.4 cm³/mol. The molecule has 1 aliphatic heterocycles. The summed E-state index contributed by atoms with van der Waals surface area (Å²) < 4.78 is 0. The van der Waals surface area contributed by atoms with Gasteiger partial charge in [0.15, 0.2) is 0 Å². The van der Waals surface area contributed by atoms with Gasteiger partial charge in [-0.25, -0.2) is 0 Å². The Kier molecular flexibility index (Phi) is 5.28. The Hall–Kier alpha value is -2.47. The number of phenols is 1. The van der Waals surface area contributed by atoms with Gasteiger partial charge < -0.3 is 15.3 Å². The molecule has 0 saturated carbocycles. The van der Waals surface area contributed by atoms with E-state index in [0.717, 1.165) is 5.56 Å². The Balaban J connectivity index is 1.68. The normalized spacial score (nSPS) is 18.0. The summed E-state index contributed by atoms with van der Waals surface area (Å²) in [6, 6.07) is 15.1. The van der Waals surface area contributed by atoms with Crippen molar-refractivity contribution in [2.24, 2.45) is 0 Å². The first-order valence-electron chi connectivity index (χ1n) is 8.09. The molecule has 0 aromatic heterocycles. The summed E-state index contributed by atoms with van der Waals surface area (Å²) in [7, 11) is 0. The van der Waals surface area contributed by atoms with Gasteiger partial charge in [-0.2, -0.15) is 0 Å². The van der Waals surface area contributed by atoms with E-state index in [9.17, 15) is 14.7 Å². The number of carbonyl (C=O) groups is 2. The maximum atomic E-state index is 12.7. The fraction of sp³-hybridized carbons (Fsp3) is 0.263. The van der Waals surface area contributed by atoms with Crippen molar-refractivity contribution < 1.29 is 14.7 Å². The average molecular weight is 356 g/mol. The molecule has 3 rings (SSSR count). The Bertz CT molecular complexity index is 749. The van der Waals surface area contributed by atoms with Crippen LogP contribution in [-0.4, -0.2) is 39.5 Å². The first-order valence-corrected chi connectivity index (χ1v) is 9.25. The molecule has 25 heavy (non-hydrogen) atoms. The lowest BCUT2D eigenvalue weighted by Crippen LogP contribution is -2.47. The van der Waals surface area contributed by atoms with Gasteiger partial charge >= 0.3 is 0 Å². The lowest BCUT2D eigenvalue weighted by atomic mass is 10.1. The van der Waals surface area contributed by atoms with Gasteiger partial charge in [-0.1, -0.05) is 30.3 Å². The van der Waals surface area contributed by atoms with Crippen LogP contribution >= 0.6 is 11.8 Å². The SMILES string of the molecule is CC(NC(=O)[C@@H]1CSCN1C(=O)c1ccccc1)c1ccc(O)cc1. The Labute approximate surface area is 151 Å². The largest absolute Gasteiger partial charge is 0.508 e. The summed E-state index contributed by atoms with van der Waals surface area (Å²) in [5, 5.41) is 12.3. The standard InChI is InChI=1S/C19H20N2O3S/c1-13(14-7-9-16(22)10-8-14)20-18(23)17-11-25-12-21(17)19(24)15-5-3-2-4-6-15/h2-10,13,17,22H,11-12H2,1H3,(H,20,23)/t13?,17-/m0/s1. The van der Waals surface area contributed by atoms with Gasteiger partial charge in [0.1, 0.15) is 11.8 Å². The monoisotopic (exact) mass is 356 g/mol. The molecule has 2 aromatic carbocycles. The Morgan fingerprint density at radius 3 is 2.52 bits per heavy atom. The van der Waals surface area contributed by atoms with Crippen LogP contribution < -0.4 is 5.32 Å². The van der Waals surface area contributed by atoms with Crippen LogP contribution in [0.2, 0.25) is 0 Å². The topological polar surface area (TPSA) is 69.6 Å². The van der Waals surface area contributed by atoms with Gasteiger partial charge in [-0.15, -0.1) is 11.8 Å². The van der Waals surface area contributed by atoms with Crippen molar-refractivity contribution in [2.75, 3.05) is 11.6 Å². The summed E-state index contributed by atoms with van der Waals surface area (Å²) in [5.74, 6) is 1.01. The minimum atomic E-state index is -0.475. The maximum Gasteiger partial charge on any atom is 0.255 e. The molecule has 0 spiro atoms. The zero-order valence-corrected chi connectivity index (χ0v) is 14.7. The van der Waals surface area contributed by atoms with Crippen molar-refractivity contribution in [2.45, 2.75) is 19.0 Å². The molecule has 1 fully saturated rings. The van der Waals surface area contributed by atoms with Crippen LogP contribution in [0.4, 0.5) is 0 Å². The van der Waals surface area contributed by atoms with Crippen molar-refractivity contribution in [3.8, 4) is 5.75 Å². The summed E-state index contributed by atoms with van der Waals surface area (Å²) in [6.45, 7) is 1.88. The zero-order chi connectivity index (χ0) is 17.8. The van der Waals surface area contributed by atoms with Crippen molar-refractivity contribution in [3.63, 3.8) is 0 Å². The number of phenolic OH excluding ortho intramolecular Hbond substituents is 1. The Morgan fingerprint density at radius 2 is 1.84 bits per heavy atom. The highest BCUT2D eigenvalue weighted by atomic mass is 32.2. The molecule has 5 nitrogen and oxygen atoms in total. The lowest BCUT2D eigenvalue weighted by molar-refractivity contribution is -0.125. The molecule has 2 amide bonds. The molecular formula is C19H20N2O3S. The number of rotatable bonds is 4. The van der Waals surface area contributed by atoms with E-state index in [1.165, 1.54) is 0 Å².